The molecule has 3 aromatic rings. The van der Waals surface area contributed by atoms with E-state index < -0.39 is 6.10 Å². The summed E-state index contributed by atoms with van der Waals surface area (Å²) < 4.78 is 1.12. The number of halogens is 1. The van der Waals surface area contributed by atoms with Gasteiger partial charge in [0.15, 0.2) is 0 Å². The number of fused-ring (bicyclic) bond motifs is 1. The quantitative estimate of drug-likeness (QED) is 0.720. The Morgan fingerprint density at radius 1 is 1.32 bits per heavy atom. The highest BCUT2D eigenvalue weighted by Crippen LogP contribution is 2.29. The molecule has 0 aliphatic carbocycles. The number of benzene rings is 1. The average Bonchev–Trinajstić information content (AvgIpc) is 2.97. The topological polar surface area (TPSA) is 62.2 Å². The third kappa shape index (κ3) is 3.27. The van der Waals surface area contributed by atoms with Gasteiger partial charge in [0.1, 0.15) is 11.3 Å². The summed E-state index contributed by atoms with van der Waals surface area (Å²) in [6.45, 7) is 0.147. The van der Waals surface area contributed by atoms with Gasteiger partial charge in [-0.3, -0.25) is 4.79 Å². The number of hydrogen-bond acceptors (Lipinski definition) is 4. The summed E-state index contributed by atoms with van der Waals surface area (Å²) in [7, 11) is 0. The highest BCUT2D eigenvalue weighted by molar-refractivity contribution is 7.19. The van der Waals surface area contributed by atoms with E-state index in [1.165, 1.54) is 17.5 Å². The largest absolute Gasteiger partial charge is 0.386 e. The van der Waals surface area contributed by atoms with E-state index in [9.17, 15) is 9.90 Å². The van der Waals surface area contributed by atoms with Gasteiger partial charge >= 0.3 is 0 Å². The van der Waals surface area contributed by atoms with E-state index in [1.807, 2.05) is 30.3 Å². The second kappa shape index (κ2) is 6.44. The van der Waals surface area contributed by atoms with Crippen LogP contribution in [0.25, 0.3) is 10.1 Å². The SMILES string of the molecule is O=C(NCC(O)c1cc2ccccc2s1)c1ccc(Cl)nc1. The van der Waals surface area contributed by atoms with Gasteiger partial charge < -0.3 is 10.4 Å². The number of hydrogen-bond donors (Lipinski definition) is 2. The Morgan fingerprint density at radius 2 is 2.14 bits per heavy atom. The van der Waals surface area contributed by atoms with Crippen LogP contribution in [0.3, 0.4) is 0 Å². The minimum atomic E-state index is -0.735. The summed E-state index contributed by atoms with van der Waals surface area (Å²) in [5.74, 6) is -0.288. The second-order valence-electron chi connectivity index (χ2n) is 4.78. The van der Waals surface area contributed by atoms with E-state index >= 15 is 0 Å². The molecule has 0 saturated heterocycles. The van der Waals surface area contributed by atoms with Crippen LogP contribution in [-0.2, 0) is 0 Å². The van der Waals surface area contributed by atoms with Crippen molar-refractivity contribution in [3.63, 3.8) is 0 Å². The average molecular weight is 333 g/mol. The summed E-state index contributed by atoms with van der Waals surface area (Å²) in [4.78, 5) is 16.6. The zero-order chi connectivity index (χ0) is 15.5. The van der Waals surface area contributed by atoms with Crippen LogP contribution < -0.4 is 5.32 Å². The zero-order valence-electron chi connectivity index (χ0n) is 11.5. The lowest BCUT2D eigenvalue weighted by atomic mass is 10.2. The number of aliphatic hydroxyl groups is 1. The molecule has 0 spiro atoms. The molecule has 2 N–H and O–H groups in total. The van der Waals surface area contributed by atoms with Crippen molar-refractivity contribution in [2.75, 3.05) is 6.54 Å². The highest BCUT2D eigenvalue weighted by Gasteiger charge is 2.13. The number of carbonyl (C=O) groups is 1. The van der Waals surface area contributed by atoms with Gasteiger partial charge in [-0.2, -0.15) is 0 Å². The molecule has 2 aromatic heterocycles. The fourth-order valence-corrected chi connectivity index (χ4v) is 3.23. The van der Waals surface area contributed by atoms with Gasteiger partial charge in [-0.1, -0.05) is 29.8 Å². The van der Waals surface area contributed by atoms with Crippen molar-refractivity contribution in [3.8, 4) is 0 Å². The van der Waals surface area contributed by atoms with E-state index in [0.29, 0.717) is 10.7 Å². The molecule has 0 radical (unpaired) electrons. The van der Waals surface area contributed by atoms with Crippen molar-refractivity contribution in [3.05, 3.63) is 64.3 Å². The molecule has 4 nitrogen and oxygen atoms in total. The first-order valence-electron chi connectivity index (χ1n) is 6.70. The number of rotatable bonds is 4. The van der Waals surface area contributed by atoms with Gasteiger partial charge in [0.05, 0.1) is 5.56 Å². The molecule has 1 atom stereocenters. The van der Waals surface area contributed by atoms with Crippen LogP contribution in [-0.4, -0.2) is 22.5 Å². The minimum Gasteiger partial charge on any atom is -0.386 e. The first-order chi connectivity index (χ1) is 10.6. The summed E-state index contributed by atoms with van der Waals surface area (Å²) in [5, 5.41) is 14.3. The number of amides is 1. The molecular weight excluding hydrogens is 320 g/mol. The molecule has 0 fully saturated rings. The maximum absolute atomic E-state index is 12.0. The van der Waals surface area contributed by atoms with Gasteiger partial charge in [0.2, 0.25) is 0 Å². The Balaban J connectivity index is 1.65. The Labute approximate surface area is 136 Å². The Hall–Kier alpha value is -1.95. The molecule has 0 bridgehead atoms. The number of aromatic nitrogens is 1. The van der Waals surface area contributed by atoms with Crippen LogP contribution in [0.15, 0.2) is 48.7 Å². The molecule has 3 rings (SSSR count). The van der Waals surface area contributed by atoms with E-state index in [2.05, 4.69) is 10.3 Å². The molecule has 2 heterocycles. The molecule has 1 unspecified atom stereocenters. The zero-order valence-corrected chi connectivity index (χ0v) is 13.1. The smallest absolute Gasteiger partial charge is 0.252 e. The van der Waals surface area contributed by atoms with Crippen molar-refractivity contribution in [2.45, 2.75) is 6.10 Å². The van der Waals surface area contributed by atoms with Crippen LogP contribution in [0.4, 0.5) is 0 Å². The first kappa shape index (κ1) is 15.0. The normalized spacial score (nSPS) is 12.3. The lowest BCUT2D eigenvalue weighted by Gasteiger charge is -2.10. The van der Waals surface area contributed by atoms with Gasteiger partial charge in [-0.15, -0.1) is 11.3 Å². The Morgan fingerprint density at radius 3 is 2.86 bits per heavy atom. The third-order valence-electron chi connectivity index (χ3n) is 3.22. The molecule has 0 aliphatic heterocycles. The van der Waals surface area contributed by atoms with Crippen molar-refractivity contribution in [1.82, 2.24) is 10.3 Å². The van der Waals surface area contributed by atoms with Crippen molar-refractivity contribution in [1.29, 1.82) is 0 Å². The monoisotopic (exact) mass is 332 g/mol. The molecular formula is C16H13ClN2O2S. The van der Waals surface area contributed by atoms with Crippen LogP contribution in [0.5, 0.6) is 0 Å². The first-order valence-corrected chi connectivity index (χ1v) is 7.89. The van der Waals surface area contributed by atoms with Crippen molar-refractivity contribution in [2.24, 2.45) is 0 Å². The van der Waals surface area contributed by atoms with Crippen LogP contribution in [0, 0.1) is 0 Å². The van der Waals surface area contributed by atoms with E-state index in [0.717, 1.165) is 15.0 Å². The number of aliphatic hydroxyl groups excluding tert-OH is 1. The number of pyridine rings is 1. The fourth-order valence-electron chi connectivity index (χ4n) is 2.07. The molecule has 6 heteroatoms. The standard InChI is InChI=1S/C16H13ClN2O2S/c17-15-6-5-11(8-18-15)16(21)19-9-12(20)14-7-10-3-1-2-4-13(10)22-14/h1-8,12,20H,9H2,(H,19,21). The highest BCUT2D eigenvalue weighted by atomic mass is 35.5. The number of carbonyl (C=O) groups excluding carboxylic acids is 1. The Kier molecular flexibility index (Phi) is 4.38. The van der Waals surface area contributed by atoms with Gasteiger partial charge in [0.25, 0.3) is 5.91 Å². The predicted octanol–water partition coefficient (Wildman–Crippen LogP) is 3.41. The van der Waals surface area contributed by atoms with E-state index in [4.69, 9.17) is 11.6 Å². The number of thiophene rings is 1. The van der Waals surface area contributed by atoms with E-state index in [1.54, 1.807) is 12.1 Å². The maximum Gasteiger partial charge on any atom is 0.252 e. The van der Waals surface area contributed by atoms with Crippen LogP contribution >= 0.6 is 22.9 Å². The summed E-state index contributed by atoms with van der Waals surface area (Å²) in [6.07, 6.45) is 0.672. The maximum atomic E-state index is 12.0. The molecule has 0 saturated carbocycles. The predicted molar refractivity (Wildman–Crippen MR) is 88.4 cm³/mol. The van der Waals surface area contributed by atoms with Crippen LogP contribution in [0.2, 0.25) is 5.15 Å². The second-order valence-corrected chi connectivity index (χ2v) is 6.28. The van der Waals surface area contributed by atoms with E-state index in [-0.39, 0.29) is 12.5 Å². The third-order valence-corrected chi connectivity index (χ3v) is 4.66. The molecule has 0 aliphatic rings. The lowest BCUT2D eigenvalue weighted by Crippen LogP contribution is -2.28. The Bertz CT molecular complexity index is 768. The fraction of sp³-hybridized carbons (Fsp3) is 0.125. The van der Waals surface area contributed by atoms with Gasteiger partial charge in [-0.05, 0) is 29.7 Å². The van der Waals surface area contributed by atoms with Gasteiger partial charge in [0, 0.05) is 22.3 Å². The lowest BCUT2D eigenvalue weighted by molar-refractivity contribution is 0.0917. The van der Waals surface area contributed by atoms with Crippen LogP contribution in [0.1, 0.15) is 21.3 Å². The molecule has 22 heavy (non-hydrogen) atoms. The minimum absolute atomic E-state index is 0.147. The summed E-state index contributed by atoms with van der Waals surface area (Å²) >= 11 is 7.20. The molecule has 1 aromatic carbocycles. The molecule has 112 valence electrons. The number of nitrogens with zero attached hydrogens (tertiary/aromatic N) is 1. The molecule has 1 amide bonds. The van der Waals surface area contributed by atoms with Crippen molar-refractivity contribution >= 4 is 38.9 Å². The van der Waals surface area contributed by atoms with Gasteiger partial charge in [-0.25, -0.2) is 4.98 Å². The summed E-state index contributed by atoms with van der Waals surface area (Å²) in [6, 6.07) is 13.0. The van der Waals surface area contributed by atoms with Crippen molar-refractivity contribution < 1.29 is 9.90 Å². The number of nitrogens with one attached hydrogen (secondary N) is 1. The summed E-state index contributed by atoms with van der Waals surface area (Å²) in [5.41, 5.74) is 0.410.